The van der Waals surface area contributed by atoms with Crippen molar-refractivity contribution in [1.82, 2.24) is 5.32 Å². The zero-order valence-electron chi connectivity index (χ0n) is 15.0. The summed E-state index contributed by atoms with van der Waals surface area (Å²) in [4.78, 5) is 22.9. The monoisotopic (exact) mass is 388 g/mol. The number of nitrogens with one attached hydrogen (secondary N) is 1. The number of rotatable bonds is 6. The second kappa shape index (κ2) is 7.96. The van der Waals surface area contributed by atoms with Crippen LogP contribution in [0.25, 0.3) is 0 Å². The Bertz CT molecular complexity index is 846. The van der Waals surface area contributed by atoms with E-state index in [2.05, 4.69) is 17.4 Å². The van der Waals surface area contributed by atoms with Crippen molar-refractivity contribution in [2.24, 2.45) is 0 Å². The number of nitrogens with zero attached hydrogens (tertiary/aromatic N) is 1. The highest BCUT2D eigenvalue weighted by Crippen LogP contribution is 2.41. The fraction of sp³-hybridized carbons (Fsp3) is 0.350. The Balaban J connectivity index is 1.76. The molecule has 1 aliphatic rings. The van der Waals surface area contributed by atoms with Crippen LogP contribution in [0.1, 0.15) is 41.6 Å². The van der Waals surface area contributed by atoms with E-state index in [1.165, 1.54) is 23.8 Å². The predicted molar refractivity (Wildman–Crippen MR) is 104 cm³/mol. The number of carbonyl (C=O) groups is 1. The number of methoxy groups -OCH3 is 1. The van der Waals surface area contributed by atoms with Crippen molar-refractivity contribution in [2.45, 2.75) is 31.1 Å². The van der Waals surface area contributed by atoms with Gasteiger partial charge in [0.05, 0.1) is 22.6 Å². The Labute approximate surface area is 162 Å². The van der Waals surface area contributed by atoms with Gasteiger partial charge in [-0.15, -0.1) is 0 Å². The highest BCUT2D eigenvalue weighted by Gasteiger charge is 2.36. The summed E-state index contributed by atoms with van der Waals surface area (Å²) in [7, 11) is 1.63. The molecule has 142 valence electrons. The number of nitro groups is 1. The Hall–Kier alpha value is -2.60. The third kappa shape index (κ3) is 4.06. The summed E-state index contributed by atoms with van der Waals surface area (Å²) in [6.07, 6.45) is 4.21. The number of ether oxygens (including phenoxy) is 1. The van der Waals surface area contributed by atoms with Crippen LogP contribution in [0.3, 0.4) is 0 Å². The summed E-state index contributed by atoms with van der Waals surface area (Å²) in [6, 6.07) is 11.9. The largest absolute Gasteiger partial charge is 0.497 e. The third-order valence-electron chi connectivity index (χ3n) is 5.26. The summed E-state index contributed by atoms with van der Waals surface area (Å²) in [6.45, 7) is 0.492. The highest BCUT2D eigenvalue weighted by atomic mass is 35.5. The van der Waals surface area contributed by atoms with Gasteiger partial charge in [0.15, 0.2) is 0 Å². The molecule has 7 heteroatoms. The van der Waals surface area contributed by atoms with Crippen molar-refractivity contribution < 1.29 is 14.5 Å². The molecule has 0 heterocycles. The van der Waals surface area contributed by atoms with Crippen molar-refractivity contribution in [3.63, 3.8) is 0 Å². The van der Waals surface area contributed by atoms with Gasteiger partial charge in [0.2, 0.25) is 0 Å². The summed E-state index contributed by atoms with van der Waals surface area (Å²) in [5.74, 6) is 0.475. The van der Waals surface area contributed by atoms with Gasteiger partial charge in [0.25, 0.3) is 11.6 Å². The summed E-state index contributed by atoms with van der Waals surface area (Å²) >= 11 is 6.07. The lowest BCUT2D eigenvalue weighted by Gasteiger charge is -2.30. The van der Waals surface area contributed by atoms with Gasteiger partial charge in [-0.1, -0.05) is 36.6 Å². The SMILES string of the molecule is COc1ccc(C2(CNC(=O)c3ccc([N+](=O)[O-])cc3Cl)CCCC2)cc1. The summed E-state index contributed by atoms with van der Waals surface area (Å²) in [5.41, 5.74) is 1.16. The normalized spacial score (nSPS) is 15.3. The molecule has 0 saturated heterocycles. The van der Waals surface area contributed by atoms with Gasteiger partial charge in [0.1, 0.15) is 5.75 Å². The fourth-order valence-electron chi connectivity index (χ4n) is 3.71. The van der Waals surface area contributed by atoms with Crippen LogP contribution in [0, 0.1) is 10.1 Å². The van der Waals surface area contributed by atoms with Crippen LogP contribution in [0.5, 0.6) is 5.75 Å². The molecule has 0 aliphatic heterocycles. The maximum absolute atomic E-state index is 12.6. The van der Waals surface area contributed by atoms with E-state index in [0.717, 1.165) is 31.4 Å². The van der Waals surface area contributed by atoms with E-state index in [-0.39, 0.29) is 27.6 Å². The molecule has 0 atom stereocenters. The Morgan fingerprint density at radius 3 is 2.44 bits per heavy atom. The van der Waals surface area contributed by atoms with Gasteiger partial charge < -0.3 is 10.1 Å². The molecule has 2 aromatic rings. The lowest BCUT2D eigenvalue weighted by Crippen LogP contribution is -2.39. The van der Waals surface area contributed by atoms with Gasteiger partial charge in [0, 0.05) is 24.1 Å². The number of carbonyl (C=O) groups excluding carboxylic acids is 1. The topological polar surface area (TPSA) is 81.5 Å². The lowest BCUT2D eigenvalue weighted by atomic mass is 9.78. The zero-order valence-corrected chi connectivity index (χ0v) is 15.8. The number of amides is 1. The number of non-ortho nitro benzene ring substituents is 1. The highest BCUT2D eigenvalue weighted by molar-refractivity contribution is 6.34. The van der Waals surface area contributed by atoms with Crippen molar-refractivity contribution in [3.8, 4) is 5.75 Å². The standard InChI is InChI=1S/C20H21ClN2O4/c1-27-16-7-4-14(5-8-16)20(10-2-3-11-20)13-22-19(24)17-9-6-15(23(25)26)12-18(17)21/h4-9,12H,2-3,10-11,13H2,1H3,(H,22,24). The average molecular weight is 389 g/mol. The molecule has 6 nitrogen and oxygen atoms in total. The molecule has 0 unspecified atom stereocenters. The maximum atomic E-state index is 12.6. The number of benzene rings is 2. The van der Waals surface area contributed by atoms with Crippen LogP contribution in [-0.2, 0) is 5.41 Å². The maximum Gasteiger partial charge on any atom is 0.270 e. The Morgan fingerprint density at radius 2 is 1.89 bits per heavy atom. The molecule has 1 fully saturated rings. The first-order valence-corrected chi connectivity index (χ1v) is 9.20. The fourth-order valence-corrected chi connectivity index (χ4v) is 3.97. The number of hydrogen-bond donors (Lipinski definition) is 1. The predicted octanol–water partition coefficient (Wildman–Crippen LogP) is 4.50. The Morgan fingerprint density at radius 1 is 1.22 bits per heavy atom. The van der Waals surface area contributed by atoms with E-state index >= 15 is 0 Å². The van der Waals surface area contributed by atoms with Crippen LogP contribution < -0.4 is 10.1 Å². The number of hydrogen-bond acceptors (Lipinski definition) is 4. The minimum Gasteiger partial charge on any atom is -0.497 e. The molecule has 1 aliphatic carbocycles. The number of nitro benzene ring substituents is 1. The average Bonchev–Trinajstić information content (AvgIpc) is 3.16. The van der Waals surface area contributed by atoms with Crippen LogP contribution in [0.2, 0.25) is 5.02 Å². The summed E-state index contributed by atoms with van der Waals surface area (Å²) in [5, 5.41) is 13.9. The molecular formula is C20H21ClN2O4. The van der Waals surface area contributed by atoms with E-state index < -0.39 is 4.92 Å². The van der Waals surface area contributed by atoms with Gasteiger partial charge in [-0.25, -0.2) is 0 Å². The third-order valence-corrected chi connectivity index (χ3v) is 5.57. The molecule has 0 aromatic heterocycles. The molecule has 0 radical (unpaired) electrons. The minimum atomic E-state index is -0.537. The first-order valence-electron chi connectivity index (χ1n) is 8.82. The van der Waals surface area contributed by atoms with E-state index in [1.54, 1.807) is 7.11 Å². The zero-order chi connectivity index (χ0) is 19.4. The van der Waals surface area contributed by atoms with Crippen molar-refractivity contribution >= 4 is 23.2 Å². The summed E-state index contributed by atoms with van der Waals surface area (Å²) < 4.78 is 5.23. The molecule has 0 spiro atoms. The molecule has 0 bridgehead atoms. The first kappa shape index (κ1) is 19.2. The second-order valence-corrected chi connectivity index (χ2v) is 7.23. The molecule has 3 rings (SSSR count). The van der Waals surface area contributed by atoms with Crippen LogP contribution in [0.15, 0.2) is 42.5 Å². The minimum absolute atomic E-state index is 0.0756. The molecule has 2 aromatic carbocycles. The first-order chi connectivity index (χ1) is 12.9. The van der Waals surface area contributed by atoms with E-state index in [9.17, 15) is 14.9 Å². The van der Waals surface area contributed by atoms with Crippen LogP contribution in [-0.4, -0.2) is 24.5 Å². The Kier molecular flexibility index (Phi) is 5.65. The van der Waals surface area contributed by atoms with Gasteiger partial charge in [-0.3, -0.25) is 14.9 Å². The van der Waals surface area contributed by atoms with Crippen LogP contribution >= 0.6 is 11.6 Å². The van der Waals surface area contributed by atoms with E-state index in [0.29, 0.717) is 6.54 Å². The van der Waals surface area contributed by atoms with Crippen molar-refractivity contribution in [1.29, 1.82) is 0 Å². The van der Waals surface area contributed by atoms with Gasteiger partial charge in [-0.2, -0.15) is 0 Å². The molecular weight excluding hydrogens is 368 g/mol. The quantitative estimate of drug-likeness (QED) is 0.583. The van der Waals surface area contributed by atoms with Gasteiger partial charge in [-0.05, 0) is 36.6 Å². The number of halogens is 1. The second-order valence-electron chi connectivity index (χ2n) is 6.82. The van der Waals surface area contributed by atoms with E-state index in [4.69, 9.17) is 16.3 Å². The van der Waals surface area contributed by atoms with E-state index in [1.807, 2.05) is 12.1 Å². The molecule has 1 N–H and O–H groups in total. The van der Waals surface area contributed by atoms with Crippen molar-refractivity contribution in [3.05, 3.63) is 68.7 Å². The lowest BCUT2D eigenvalue weighted by molar-refractivity contribution is -0.384. The molecule has 27 heavy (non-hydrogen) atoms. The molecule has 1 saturated carbocycles. The van der Waals surface area contributed by atoms with Gasteiger partial charge >= 0.3 is 0 Å². The molecule has 1 amide bonds. The smallest absolute Gasteiger partial charge is 0.270 e. The van der Waals surface area contributed by atoms with Crippen molar-refractivity contribution in [2.75, 3.05) is 13.7 Å². The van der Waals surface area contributed by atoms with Crippen LogP contribution in [0.4, 0.5) is 5.69 Å².